The first-order valence-electron chi connectivity index (χ1n) is 9.50. The van der Waals surface area contributed by atoms with Gasteiger partial charge in [-0.15, -0.1) is 11.8 Å². The van der Waals surface area contributed by atoms with Gasteiger partial charge in [-0.2, -0.15) is 0 Å². The van der Waals surface area contributed by atoms with E-state index in [2.05, 4.69) is 5.32 Å². The van der Waals surface area contributed by atoms with Gasteiger partial charge in [-0.1, -0.05) is 13.8 Å². The van der Waals surface area contributed by atoms with Crippen molar-refractivity contribution in [2.75, 3.05) is 6.61 Å². The van der Waals surface area contributed by atoms with Crippen LogP contribution < -0.4 is 5.32 Å². The number of hydrogen-bond acceptors (Lipinski definition) is 10. The van der Waals surface area contributed by atoms with Gasteiger partial charge in [0.2, 0.25) is 5.91 Å². The third-order valence-corrected chi connectivity index (χ3v) is 5.32. The molecule has 5 unspecified atom stereocenters. The van der Waals surface area contributed by atoms with Crippen molar-refractivity contribution in [2.45, 2.75) is 76.9 Å². The van der Waals surface area contributed by atoms with E-state index in [9.17, 15) is 24.0 Å². The fraction of sp³-hybridized carbons (Fsp3) is 0.737. The van der Waals surface area contributed by atoms with Crippen LogP contribution in [0.1, 0.15) is 48.0 Å². The molecule has 0 saturated carbocycles. The van der Waals surface area contributed by atoms with E-state index in [-0.39, 0.29) is 24.9 Å². The zero-order valence-electron chi connectivity index (χ0n) is 18.0. The summed E-state index contributed by atoms with van der Waals surface area (Å²) in [5.41, 5.74) is -0.963. The van der Waals surface area contributed by atoms with Gasteiger partial charge < -0.3 is 24.3 Å². The number of esters is 4. The highest BCUT2D eigenvalue weighted by molar-refractivity contribution is 8.00. The predicted molar refractivity (Wildman–Crippen MR) is 106 cm³/mol. The number of carbonyl (C=O) groups excluding carboxylic acids is 5. The lowest BCUT2D eigenvalue weighted by Gasteiger charge is -2.44. The standard InChI is InChI=1S/C19H29NO9S/c1-9(2)7-15(25)20-16-18(28-12(5)23)17(27-11(4)22)14(8-26-10(3)21)30-19(16)29-13(6)24/h9,14,16-19H,7-8H2,1-6H3,(H,20,25). The second-order valence-corrected chi connectivity index (χ2v) is 8.64. The van der Waals surface area contributed by atoms with Gasteiger partial charge in [-0.3, -0.25) is 24.0 Å². The zero-order valence-corrected chi connectivity index (χ0v) is 18.8. The second-order valence-electron chi connectivity index (χ2n) is 7.29. The number of nitrogens with one attached hydrogen (secondary N) is 1. The Bertz CT molecular complexity index is 666. The zero-order chi connectivity index (χ0) is 23.0. The maximum Gasteiger partial charge on any atom is 0.303 e. The molecule has 0 aliphatic carbocycles. The molecule has 10 nitrogen and oxygen atoms in total. The highest BCUT2D eigenvalue weighted by atomic mass is 32.2. The molecule has 1 amide bonds. The van der Waals surface area contributed by atoms with Crippen LogP contribution in [0.4, 0.5) is 0 Å². The molecule has 30 heavy (non-hydrogen) atoms. The highest BCUT2D eigenvalue weighted by Gasteiger charge is 2.51. The van der Waals surface area contributed by atoms with Gasteiger partial charge in [0.1, 0.15) is 12.6 Å². The Hall–Kier alpha value is -2.30. The highest BCUT2D eigenvalue weighted by Crippen LogP contribution is 2.37. The average molecular weight is 448 g/mol. The largest absolute Gasteiger partial charge is 0.465 e. The molecule has 0 spiro atoms. The lowest BCUT2D eigenvalue weighted by molar-refractivity contribution is -0.175. The van der Waals surface area contributed by atoms with Crippen LogP contribution >= 0.6 is 11.8 Å². The Balaban J connectivity index is 3.32. The van der Waals surface area contributed by atoms with E-state index in [4.69, 9.17) is 18.9 Å². The summed E-state index contributed by atoms with van der Waals surface area (Å²) in [7, 11) is 0. The molecule has 11 heteroatoms. The monoisotopic (exact) mass is 447 g/mol. The topological polar surface area (TPSA) is 134 Å². The molecule has 1 fully saturated rings. The molecular weight excluding hydrogens is 418 g/mol. The average Bonchev–Trinajstić information content (AvgIpc) is 2.56. The minimum atomic E-state index is -1.16. The van der Waals surface area contributed by atoms with Gasteiger partial charge in [-0.25, -0.2) is 0 Å². The van der Waals surface area contributed by atoms with Crippen molar-refractivity contribution in [1.82, 2.24) is 5.32 Å². The summed E-state index contributed by atoms with van der Waals surface area (Å²) in [5.74, 6) is -2.79. The Labute approximate surface area is 179 Å². The first-order valence-corrected chi connectivity index (χ1v) is 10.4. The number of amides is 1. The molecule has 1 N–H and O–H groups in total. The maximum absolute atomic E-state index is 12.4. The van der Waals surface area contributed by atoms with Crippen molar-refractivity contribution >= 4 is 41.5 Å². The fourth-order valence-electron chi connectivity index (χ4n) is 2.94. The Kier molecular flexibility index (Phi) is 10.1. The third kappa shape index (κ3) is 8.60. The summed E-state index contributed by atoms with van der Waals surface area (Å²) in [6.45, 7) is 8.31. The second kappa shape index (κ2) is 11.8. The lowest BCUT2D eigenvalue weighted by Crippen LogP contribution is -2.63. The lowest BCUT2D eigenvalue weighted by atomic mass is 10.0. The summed E-state index contributed by atoms with van der Waals surface area (Å²) in [5, 5.41) is 2.03. The number of hydrogen-bond donors (Lipinski definition) is 1. The van der Waals surface area contributed by atoms with Crippen LogP contribution in [-0.4, -0.2) is 65.3 Å². The van der Waals surface area contributed by atoms with Gasteiger partial charge in [0.15, 0.2) is 17.6 Å². The molecule has 1 aliphatic rings. The summed E-state index contributed by atoms with van der Waals surface area (Å²) in [6.07, 6.45) is -2.02. The van der Waals surface area contributed by atoms with Crippen LogP contribution in [0.3, 0.4) is 0 Å². The van der Waals surface area contributed by atoms with E-state index in [1.54, 1.807) is 0 Å². The molecule has 0 aromatic carbocycles. The minimum Gasteiger partial charge on any atom is -0.465 e. The van der Waals surface area contributed by atoms with E-state index in [0.717, 1.165) is 11.8 Å². The molecule has 1 saturated heterocycles. The number of thioether (sulfide) groups is 1. The van der Waals surface area contributed by atoms with Crippen LogP contribution in [0.5, 0.6) is 0 Å². The van der Waals surface area contributed by atoms with Gasteiger partial charge in [0.25, 0.3) is 0 Å². The summed E-state index contributed by atoms with van der Waals surface area (Å²) >= 11 is 1.05. The molecule has 0 bridgehead atoms. The quantitative estimate of drug-likeness (QED) is 0.423. The smallest absolute Gasteiger partial charge is 0.303 e. The van der Waals surface area contributed by atoms with E-state index in [1.807, 2.05) is 13.8 Å². The van der Waals surface area contributed by atoms with Gasteiger partial charge in [0, 0.05) is 34.1 Å². The molecule has 1 rings (SSSR count). The molecule has 170 valence electrons. The Morgan fingerprint density at radius 2 is 1.37 bits per heavy atom. The summed E-state index contributed by atoms with van der Waals surface area (Å²) in [4.78, 5) is 58.9. The van der Waals surface area contributed by atoms with Crippen LogP contribution in [0.2, 0.25) is 0 Å². The van der Waals surface area contributed by atoms with Crippen molar-refractivity contribution < 1.29 is 42.9 Å². The molecule has 0 aromatic rings. The first kappa shape index (κ1) is 25.7. The van der Waals surface area contributed by atoms with E-state index in [0.29, 0.717) is 0 Å². The molecule has 1 heterocycles. The first-order chi connectivity index (χ1) is 13.9. The van der Waals surface area contributed by atoms with Gasteiger partial charge in [0.05, 0.1) is 5.25 Å². The van der Waals surface area contributed by atoms with Crippen LogP contribution in [0, 0.1) is 5.92 Å². The summed E-state index contributed by atoms with van der Waals surface area (Å²) in [6, 6.07) is -0.980. The van der Waals surface area contributed by atoms with E-state index >= 15 is 0 Å². The van der Waals surface area contributed by atoms with Crippen LogP contribution in [-0.2, 0) is 42.9 Å². The number of carbonyl (C=O) groups is 5. The molecule has 5 atom stereocenters. The third-order valence-electron chi connectivity index (χ3n) is 3.90. The van der Waals surface area contributed by atoms with Crippen molar-refractivity contribution in [1.29, 1.82) is 0 Å². The Morgan fingerprint density at radius 1 is 0.833 bits per heavy atom. The van der Waals surface area contributed by atoms with Crippen molar-refractivity contribution in [3.63, 3.8) is 0 Å². The van der Waals surface area contributed by atoms with Gasteiger partial charge in [-0.05, 0) is 5.92 Å². The van der Waals surface area contributed by atoms with Crippen molar-refractivity contribution in [3.05, 3.63) is 0 Å². The molecule has 0 radical (unpaired) electrons. The Morgan fingerprint density at radius 3 is 1.83 bits per heavy atom. The predicted octanol–water partition coefficient (Wildman–Crippen LogP) is 0.948. The van der Waals surface area contributed by atoms with E-state index in [1.165, 1.54) is 27.7 Å². The molecule has 1 aliphatic heterocycles. The fourth-order valence-corrected chi connectivity index (χ4v) is 4.38. The minimum absolute atomic E-state index is 0.0570. The van der Waals surface area contributed by atoms with Crippen LogP contribution in [0.25, 0.3) is 0 Å². The van der Waals surface area contributed by atoms with Crippen LogP contribution in [0.15, 0.2) is 0 Å². The summed E-state index contributed by atoms with van der Waals surface area (Å²) < 4.78 is 21.2. The van der Waals surface area contributed by atoms with Crippen molar-refractivity contribution in [3.8, 4) is 0 Å². The van der Waals surface area contributed by atoms with Crippen molar-refractivity contribution in [2.24, 2.45) is 5.92 Å². The normalized spacial score (nSPS) is 25.8. The number of ether oxygens (including phenoxy) is 4. The number of rotatable bonds is 8. The molecule has 0 aromatic heterocycles. The molecular formula is C19H29NO9S. The van der Waals surface area contributed by atoms with E-state index < -0.39 is 52.8 Å². The maximum atomic E-state index is 12.4. The van der Waals surface area contributed by atoms with Gasteiger partial charge >= 0.3 is 23.9 Å². The SMILES string of the molecule is CC(=O)OCC1SC(OC(C)=O)C(NC(=O)CC(C)C)C(OC(C)=O)C1OC(C)=O.